The summed E-state index contributed by atoms with van der Waals surface area (Å²) in [7, 11) is 0. The molecule has 6 heteroatoms. The van der Waals surface area contributed by atoms with E-state index in [0.29, 0.717) is 11.1 Å². The van der Waals surface area contributed by atoms with Crippen LogP contribution >= 0.6 is 0 Å². The van der Waals surface area contributed by atoms with Crippen LogP contribution in [0.15, 0.2) is 30.3 Å². The van der Waals surface area contributed by atoms with Gasteiger partial charge in [-0.25, -0.2) is 4.79 Å². The molecule has 0 aliphatic rings. The van der Waals surface area contributed by atoms with E-state index in [0.717, 1.165) is 6.08 Å². The summed E-state index contributed by atoms with van der Waals surface area (Å²) in [5.41, 5.74) is 5.99. The van der Waals surface area contributed by atoms with Crippen molar-refractivity contribution in [2.24, 2.45) is 5.73 Å². The number of aliphatic hydroxyl groups is 2. The first-order chi connectivity index (χ1) is 8.90. The fraction of sp³-hybridized carbons (Fsp3) is 0.231. The molecule has 0 saturated carbocycles. The lowest BCUT2D eigenvalue weighted by Gasteiger charge is -2.16. The average molecular weight is 265 g/mol. The average Bonchev–Trinajstić information content (AvgIpc) is 2.35. The third-order valence-corrected chi connectivity index (χ3v) is 2.47. The number of rotatable bonds is 6. The Bertz CT molecular complexity index is 480. The highest BCUT2D eigenvalue weighted by Gasteiger charge is 2.19. The van der Waals surface area contributed by atoms with Crippen molar-refractivity contribution in [2.45, 2.75) is 18.6 Å². The van der Waals surface area contributed by atoms with E-state index in [-0.39, 0.29) is 6.42 Å². The molecule has 1 aromatic rings. The number of carbonyl (C=O) groups is 2. The van der Waals surface area contributed by atoms with Crippen LogP contribution < -0.4 is 5.73 Å². The Morgan fingerprint density at radius 3 is 2.26 bits per heavy atom. The SMILES string of the molecule is NC(=O)CC(O)C(O)c1ccc(/C=C/C(=O)O)cc1. The maximum atomic E-state index is 10.6. The largest absolute Gasteiger partial charge is 0.478 e. The fourth-order valence-electron chi connectivity index (χ4n) is 1.51. The zero-order chi connectivity index (χ0) is 14.4. The second-order valence-corrected chi connectivity index (χ2v) is 4.02. The maximum absolute atomic E-state index is 10.6. The molecule has 2 atom stereocenters. The first kappa shape index (κ1) is 14.9. The highest BCUT2D eigenvalue weighted by Crippen LogP contribution is 2.19. The number of benzene rings is 1. The van der Waals surface area contributed by atoms with E-state index in [1.165, 1.54) is 18.2 Å². The predicted octanol–water partition coefficient (Wildman–Crippen LogP) is 0.0541. The zero-order valence-electron chi connectivity index (χ0n) is 10.1. The summed E-state index contributed by atoms with van der Waals surface area (Å²) in [5, 5.41) is 27.8. The molecule has 0 spiro atoms. The third-order valence-electron chi connectivity index (χ3n) is 2.47. The Hall–Kier alpha value is -2.18. The highest BCUT2D eigenvalue weighted by molar-refractivity contribution is 5.85. The second kappa shape index (κ2) is 6.67. The molecule has 6 nitrogen and oxygen atoms in total. The van der Waals surface area contributed by atoms with Gasteiger partial charge in [-0.15, -0.1) is 0 Å². The fourth-order valence-corrected chi connectivity index (χ4v) is 1.51. The molecule has 19 heavy (non-hydrogen) atoms. The van der Waals surface area contributed by atoms with Gasteiger partial charge in [-0.1, -0.05) is 24.3 Å². The Morgan fingerprint density at radius 1 is 1.21 bits per heavy atom. The molecule has 102 valence electrons. The van der Waals surface area contributed by atoms with Crippen molar-refractivity contribution in [3.8, 4) is 0 Å². The van der Waals surface area contributed by atoms with Crippen molar-refractivity contribution in [1.82, 2.24) is 0 Å². The molecule has 0 radical (unpaired) electrons. The summed E-state index contributed by atoms with van der Waals surface area (Å²) in [4.78, 5) is 21.0. The molecule has 5 N–H and O–H groups in total. The van der Waals surface area contributed by atoms with Crippen LogP contribution in [0.25, 0.3) is 6.08 Å². The summed E-state index contributed by atoms with van der Waals surface area (Å²) in [6.45, 7) is 0. The molecule has 1 aromatic carbocycles. The minimum atomic E-state index is -1.27. The molecular formula is C13H15NO5. The van der Waals surface area contributed by atoms with E-state index in [1.807, 2.05) is 0 Å². The Morgan fingerprint density at radius 2 is 1.79 bits per heavy atom. The maximum Gasteiger partial charge on any atom is 0.328 e. The quantitative estimate of drug-likeness (QED) is 0.542. The third kappa shape index (κ3) is 4.90. The first-order valence-corrected chi connectivity index (χ1v) is 5.55. The molecule has 1 amide bonds. The lowest BCUT2D eigenvalue weighted by molar-refractivity contribution is -0.131. The summed E-state index contributed by atoms with van der Waals surface area (Å²) in [6.07, 6.45) is -0.420. The molecule has 0 aliphatic carbocycles. The molecule has 0 heterocycles. The van der Waals surface area contributed by atoms with Crippen molar-refractivity contribution in [1.29, 1.82) is 0 Å². The van der Waals surface area contributed by atoms with Crippen molar-refractivity contribution in [3.05, 3.63) is 41.5 Å². The lowest BCUT2D eigenvalue weighted by atomic mass is 10.0. The van der Waals surface area contributed by atoms with Crippen LogP contribution in [0.5, 0.6) is 0 Å². The number of nitrogens with two attached hydrogens (primary N) is 1. The van der Waals surface area contributed by atoms with Gasteiger partial charge in [-0.3, -0.25) is 4.79 Å². The van der Waals surface area contributed by atoms with Crippen LogP contribution in [0.4, 0.5) is 0 Å². The van der Waals surface area contributed by atoms with E-state index in [1.54, 1.807) is 12.1 Å². The van der Waals surface area contributed by atoms with Crippen molar-refractivity contribution < 1.29 is 24.9 Å². The number of carbonyl (C=O) groups excluding carboxylic acids is 1. The van der Waals surface area contributed by atoms with Crippen molar-refractivity contribution in [2.75, 3.05) is 0 Å². The summed E-state index contributed by atoms with van der Waals surface area (Å²) in [5.74, 6) is -1.76. The van der Waals surface area contributed by atoms with Gasteiger partial charge in [-0.05, 0) is 17.2 Å². The Balaban J connectivity index is 2.75. The highest BCUT2D eigenvalue weighted by atomic mass is 16.4. The van der Waals surface area contributed by atoms with Crippen LogP contribution in [0, 0.1) is 0 Å². The molecule has 1 rings (SSSR count). The first-order valence-electron chi connectivity index (χ1n) is 5.55. The topological polar surface area (TPSA) is 121 Å². The number of aliphatic carboxylic acids is 1. The van der Waals surface area contributed by atoms with Crippen LogP contribution in [-0.2, 0) is 9.59 Å². The van der Waals surface area contributed by atoms with Gasteiger partial charge in [0.2, 0.25) is 5.91 Å². The van der Waals surface area contributed by atoms with E-state index in [4.69, 9.17) is 10.8 Å². The number of carboxylic acid groups (broad SMARTS) is 1. The molecule has 0 saturated heterocycles. The number of hydrogen-bond acceptors (Lipinski definition) is 4. The standard InChI is InChI=1S/C13H15NO5/c14-11(16)7-10(15)13(19)9-4-1-8(2-5-9)3-6-12(17)18/h1-6,10,13,15,19H,7H2,(H2,14,16)(H,17,18)/b6-3+. The monoisotopic (exact) mass is 265 g/mol. The molecule has 0 aliphatic heterocycles. The summed E-state index contributed by atoms with van der Waals surface area (Å²) in [6, 6.07) is 6.26. The minimum absolute atomic E-state index is 0.332. The van der Waals surface area contributed by atoms with E-state index in [9.17, 15) is 19.8 Å². The molecule has 0 aromatic heterocycles. The number of carboxylic acids is 1. The molecule has 0 fully saturated rings. The van der Waals surface area contributed by atoms with Crippen molar-refractivity contribution >= 4 is 18.0 Å². The number of amides is 1. The smallest absolute Gasteiger partial charge is 0.328 e. The Kier molecular flexibility index (Phi) is 5.23. The summed E-state index contributed by atoms with van der Waals surface area (Å²) < 4.78 is 0. The van der Waals surface area contributed by atoms with Crippen molar-refractivity contribution in [3.63, 3.8) is 0 Å². The normalized spacial score (nSPS) is 14.2. The van der Waals surface area contributed by atoms with Gasteiger partial charge in [0.05, 0.1) is 12.5 Å². The van der Waals surface area contributed by atoms with E-state index in [2.05, 4.69) is 0 Å². The van der Waals surface area contributed by atoms with Gasteiger partial charge >= 0.3 is 5.97 Å². The van der Waals surface area contributed by atoms with Crippen LogP contribution in [-0.4, -0.2) is 33.3 Å². The number of primary amides is 1. The van der Waals surface area contributed by atoms with Crippen LogP contribution in [0.2, 0.25) is 0 Å². The zero-order valence-corrected chi connectivity index (χ0v) is 10.1. The van der Waals surface area contributed by atoms with Gasteiger partial charge in [0, 0.05) is 6.08 Å². The lowest BCUT2D eigenvalue weighted by Crippen LogP contribution is -2.25. The number of hydrogen-bond donors (Lipinski definition) is 4. The molecule has 2 unspecified atom stereocenters. The molecule has 0 bridgehead atoms. The van der Waals surface area contributed by atoms with Gasteiger partial charge in [-0.2, -0.15) is 0 Å². The molecular weight excluding hydrogens is 250 g/mol. The number of aliphatic hydroxyl groups excluding tert-OH is 2. The van der Waals surface area contributed by atoms with Gasteiger partial charge in [0.15, 0.2) is 0 Å². The van der Waals surface area contributed by atoms with Crippen LogP contribution in [0.1, 0.15) is 23.7 Å². The minimum Gasteiger partial charge on any atom is -0.478 e. The summed E-state index contributed by atoms with van der Waals surface area (Å²) >= 11 is 0. The van der Waals surface area contributed by atoms with Gasteiger partial charge in [0.1, 0.15) is 6.10 Å². The van der Waals surface area contributed by atoms with Crippen LogP contribution in [0.3, 0.4) is 0 Å². The Labute approximate surface area is 109 Å². The van der Waals surface area contributed by atoms with E-state index >= 15 is 0 Å². The second-order valence-electron chi connectivity index (χ2n) is 4.02. The predicted molar refractivity (Wildman–Crippen MR) is 67.9 cm³/mol. The van der Waals surface area contributed by atoms with E-state index < -0.39 is 24.1 Å². The van der Waals surface area contributed by atoms with Gasteiger partial charge in [0.25, 0.3) is 0 Å². The van der Waals surface area contributed by atoms with Gasteiger partial charge < -0.3 is 21.1 Å².